The van der Waals surface area contributed by atoms with Gasteiger partial charge < -0.3 is 15.6 Å². The Morgan fingerprint density at radius 2 is 1.91 bits per heavy atom. The average Bonchev–Trinajstić information content (AvgIpc) is 2.94. The third kappa shape index (κ3) is 5.24. The SMILES string of the molecule is CC(C)(C)CNC(=O)NCCc1cnc(-c2ccccc2)[nH]1. The van der Waals surface area contributed by atoms with Crippen LogP contribution >= 0.6 is 0 Å². The molecule has 0 saturated heterocycles. The normalized spacial score (nSPS) is 11.2. The maximum absolute atomic E-state index is 11.7. The Labute approximate surface area is 131 Å². The highest BCUT2D eigenvalue weighted by molar-refractivity contribution is 5.73. The molecule has 3 N–H and O–H groups in total. The van der Waals surface area contributed by atoms with Gasteiger partial charge in [0.25, 0.3) is 0 Å². The highest BCUT2D eigenvalue weighted by Gasteiger charge is 2.11. The number of nitrogens with zero attached hydrogens (tertiary/aromatic N) is 1. The van der Waals surface area contributed by atoms with Gasteiger partial charge in [0.1, 0.15) is 5.82 Å². The van der Waals surface area contributed by atoms with Gasteiger partial charge in [-0.15, -0.1) is 0 Å². The number of carbonyl (C=O) groups excluding carboxylic acids is 1. The molecule has 2 amide bonds. The van der Waals surface area contributed by atoms with Crippen LogP contribution in [0.1, 0.15) is 26.5 Å². The zero-order chi connectivity index (χ0) is 16.0. The molecule has 1 heterocycles. The van der Waals surface area contributed by atoms with Gasteiger partial charge >= 0.3 is 6.03 Å². The fourth-order valence-electron chi connectivity index (χ4n) is 1.95. The Balaban J connectivity index is 1.76. The number of aromatic nitrogens is 2. The van der Waals surface area contributed by atoms with Crippen LogP contribution in [-0.2, 0) is 6.42 Å². The van der Waals surface area contributed by atoms with Crippen molar-refractivity contribution in [2.24, 2.45) is 5.41 Å². The van der Waals surface area contributed by atoms with Crippen molar-refractivity contribution in [2.45, 2.75) is 27.2 Å². The molecular formula is C17H24N4O. The minimum Gasteiger partial charge on any atom is -0.342 e. The number of benzene rings is 1. The summed E-state index contributed by atoms with van der Waals surface area (Å²) in [5.74, 6) is 0.854. The summed E-state index contributed by atoms with van der Waals surface area (Å²) in [6, 6.07) is 9.85. The molecule has 0 aliphatic heterocycles. The van der Waals surface area contributed by atoms with Gasteiger partial charge in [-0.1, -0.05) is 51.1 Å². The van der Waals surface area contributed by atoms with Crippen molar-refractivity contribution in [3.63, 3.8) is 0 Å². The van der Waals surface area contributed by atoms with E-state index in [-0.39, 0.29) is 11.4 Å². The van der Waals surface area contributed by atoms with Crippen LogP contribution in [0.4, 0.5) is 4.79 Å². The Morgan fingerprint density at radius 3 is 2.59 bits per heavy atom. The van der Waals surface area contributed by atoms with Gasteiger partial charge in [0.05, 0.1) is 0 Å². The van der Waals surface area contributed by atoms with Crippen LogP contribution in [0.3, 0.4) is 0 Å². The van der Waals surface area contributed by atoms with Crippen LogP contribution < -0.4 is 10.6 Å². The molecule has 0 aliphatic carbocycles. The summed E-state index contributed by atoms with van der Waals surface area (Å²) in [6.45, 7) is 7.49. The molecule has 0 atom stereocenters. The largest absolute Gasteiger partial charge is 0.342 e. The standard InChI is InChI=1S/C17H24N4O/c1-17(2,3)12-20-16(22)18-10-9-14-11-19-15(21-14)13-7-5-4-6-8-13/h4-8,11H,9-10,12H2,1-3H3,(H,19,21)(H2,18,20,22). The molecule has 118 valence electrons. The lowest BCUT2D eigenvalue weighted by molar-refractivity contribution is 0.235. The molecule has 0 saturated carbocycles. The van der Waals surface area contributed by atoms with E-state index < -0.39 is 0 Å². The van der Waals surface area contributed by atoms with E-state index in [1.165, 1.54) is 0 Å². The number of rotatable bonds is 5. The number of aromatic amines is 1. The Hall–Kier alpha value is -2.30. The molecule has 5 nitrogen and oxygen atoms in total. The minimum absolute atomic E-state index is 0.0886. The van der Waals surface area contributed by atoms with Crippen LogP contribution in [-0.4, -0.2) is 29.1 Å². The number of hydrogen-bond donors (Lipinski definition) is 3. The lowest BCUT2D eigenvalue weighted by atomic mass is 9.97. The fourth-order valence-corrected chi connectivity index (χ4v) is 1.95. The topological polar surface area (TPSA) is 69.8 Å². The van der Waals surface area contributed by atoms with Crippen LogP contribution in [0.25, 0.3) is 11.4 Å². The Morgan fingerprint density at radius 1 is 1.18 bits per heavy atom. The van der Waals surface area contributed by atoms with Crippen LogP contribution in [0.2, 0.25) is 0 Å². The number of nitrogens with one attached hydrogen (secondary N) is 3. The van der Waals surface area contributed by atoms with E-state index in [0.717, 1.165) is 23.5 Å². The maximum Gasteiger partial charge on any atom is 0.314 e. The molecule has 0 fully saturated rings. The minimum atomic E-state index is -0.127. The first-order chi connectivity index (χ1) is 10.4. The van der Waals surface area contributed by atoms with Crippen molar-refractivity contribution in [1.29, 1.82) is 0 Å². The predicted molar refractivity (Wildman–Crippen MR) is 88.6 cm³/mol. The van der Waals surface area contributed by atoms with E-state index >= 15 is 0 Å². The number of imidazole rings is 1. The second-order valence-electron chi connectivity index (χ2n) is 6.54. The number of carbonyl (C=O) groups is 1. The predicted octanol–water partition coefficient (Wildman–Crippen LogP) is 2.96. The third-order valence-electron chi connectivity index (χ3n) is 3.13. The van der Waals surface area contributed by atoms with Gasteiger partial charge in [0.15, 0.2) is 0 Å². The quantitative estimate of drug-likeness (QED) is 0.794. The second-order valence-corrected chi connectivity index (χ2v) is 6.54. The molecule has 0 radical (unpaired) electrons. The van der Waals surface area contributed by atoms with Crippen molar-refractivity contribution in [1.82, 2.24) is 20.6 Å². The fraction of sp³-hybridized carbons (Fsp3) is 0.412. The van der Waals surface area contributed by atoms with Crippen molar-refractivity contribution in [3.8, 4) is 11.4 Å². The summed E-state index contributed by atoms with van der Waals surface area (Å²) < 4.78 is 0. The molecular weight excluding hydrogens is 276 g/mol. The zero-order valence-electron chi connectivity index (χ0n) is 13.4. The van der Waals surface area contributed by atoms with Crippen molar-refractivity contribution < 1.29 is 4.79 Å². The molecule has 0 spiro atoms. The van der Waals surface area contributed by atoms with E-state index in [4.69, 9.17) is 0 Å². The van der Waals surface area contributed by atoms with Crippen molar-refractivity contribution in [2.75, 3.05) is 13.1 Å². The molecule has 0 bridgehead atoms. The van der Waals surface area contributed by atoms with E-state index in [0.29, 0.717) is 13.1 Å². The van der Waals surface area contributed by atoms with Gasteiger partial charge in [-0.05, 0) is 5.41 Å². The summed E-state index contributed by atoms with van der Waals surface area (Å²) in [7, 11) is 0. The first kappa shape index (κ1) is 16.1. The average molecular weight is 300 g/mol. The van der Waals surface area contributed by atoms with Gasteiger partial charge in [-0.3, -0.25) is 0 Å². The van der Waals surface area contributed by atoms with Gasteiger partial charge in [-0.2, -0.15) is 0 Å². The molecule has 1 aromatic carbocycles. The Kier molecular flexibility index (Phi) is 5.20. The molecule has 22 heavy (non-hydrogen) atoms. The number of urea groups is 1. The summed E-state index contributed by atoms with van der Waals surface area (Å²) in [4.78, 5) is 19.3. The summed E-state index contributed by atoms with van der Waals surface area (Å²) in [5.41, 5.74) is 2.16. The monoisotopic (exact) mass is 300 g/mol. The van der Waals surface area contributed by atoms with Crippen molar-refractivity contribution in [3.05, 3.63) is 42.2 Å². The van der Waals surface area contributed by atoms with Crippen molar-refractivity contribution >= 4 is 6.03 Å². The first-order valence-electron chi connectivity index (χ1n) is 7.55. The lowest BCUT2D eigenvalue weighted by Gasteiger charge is -2.18. The molecule has 5 heteroatoms. The van der Waals surface area contributed by atoms with Crippen LogP contribution in [0.15, 0.2) is 36.5 Å². The highest BCUT2D eigenvalue weighted by atomic mass is 16.2. The third-order valence-corrected chi connectivity index (χ3v) is 3.13. The molecule has 2 rings (SSSR count). The first-order valence-corrected chi connectivity index (χ1v) is 7.55. The number of H-pyrrole nitrogens is 1. The number of amides is 2. The van der Waals surface area contributed by atoms with E-state index in [2.05, 4.69) is 41.4 Å². The Bertz CT molecular complexity index is 599. The summed E-state index contributed by atoms with van der Waals surface area (Å²) in [5, 5.41) is 5.72. The highest BCUT2D eigenvalue weighted by Crippen LogP contribution is 2.14. The molecule has 1 aromatic heterocycles. The summed E-state index contributed by atoms with van der Waals surface area (Å²) >= 11 is 0. The van der Waals surface area contributed by atoms with Crippen LogP contribution in [0, 0.1) is 5.41 Å². The molecule has 0 aliphatic rings. The van der Waals surface area contributed by atoms with Gasteiger partial charge in [0.2, 0.25) is 0 Å². The van der Waals surface area contributed by atoms with E-state index in [1.807, 2.05) is 36.5 Å². The number of hydrogen-bond acceptors (Lipinski definition) is 2. The van der Waals surface area contributed by atoms with E-state index in [1.54, 1.807) is 0 Å². The van der Waals surface area contributed by atoms with Gasteiger partial charge in [0, 0.05) is 37.0 Å². The molecule has 2 aromatic rings. The smallest absolute Gasteiger partial charge is 0.314 e. The van der Waals surface area contributed by atoms with Crippen LogP contribution in [0.5, 0.6) is 0 Å². The molecule has 0 unspecified atom stereocenters. The zero-order valence-corrected chi connectivity index (χ0v) is 13.4. The lowest BCUT2D eigenvalue weighted by Crippen LogP contribution is -2.40. The summed E-state index contributed by atoms with van der Waals surface area (Å²) in [6.07, 6.45) is 2.54. The maximum atomic E-state index is 11.7. The second kappa shape index (κ2) is 7.11. The van der Waals surface area contributed by atoms with Gasteiger partial charge in [-0.25, -0.2) is 9.78 Å². The van der Waals surface area contributed by atoms with E-state index in [9.17, 15) is 4.79 Å².